The molecular weight excluding hydrogens is 374 g/mol. The van der Waals surface area contributed by atoms with E-state index in [9.17, 15) is 0 Å². The Hall–Kier alpha value is -3.87. The summed E-state index contributed by atoms with van der Waals surface area (Å²) in [5.74, 6) is 1.89. The number of pyridine rings is 1. The molecule has 0 atom stereocenters. The monoisotopic (exact) mass is 399 g/mol. The summed E-state index contributed by atoms with van der Waals surface area (Å²) in [6, 6.07) is 17.6. The van der Waals surface area contributed by atoms with Crippen LogP contribution >= 0.6 is 0 Å². The Balaban J connectivity index is 1.48. The number of nitrogens with one attached hydrogen (secondary N) is 3. The molecule has 5 N–H and O–H groups in total. The third-order valence-corrected chi connectivity index (χ3v) is 5.17. The summed E-state index contributed by atoms with van der Waals surface area (Å²) in [5.41, 5.74) is 11.6. The number of anilines is 2. The molecule has 2 aromatic heterocycles. The van der Waals surface area contributed by atoms with E-state index < -0.39 is 0 Å². The molecule has 0 aliphatic carbocycles. The van der Waals surface area contributed by atoms with Crippen molar-refractivity contribution in [1.29, 1.82) is 5.41 Å². The van der Waals surface area contributed by atoms with Crippen LogP contribution in [-0.2, 0) is 13.1 Å². The predicted octanol–water partition coefficient (Wildman–Crippen LogP) is 3.80. The van der Waals surface area contributed by atoms with Crippen LogP contribution in [0.3, 0.4) is 0 Å². The molecule has 4 rings (SSSR count). The maximum Gasteiger partial charge on any atom is 0.128 e. The molecule has 2 aromatic carbocycles. The first kappa shape index (κ1) is 19.4. The Morgan fingerprint density at radius 3 is 2.63 bits per heavy atom. The molecule has 0 amide bonds. The largest absolute Gasteiger partial charge is 0.384 e. The molecule has 0 fully saturated rings. The summed E-state index contributed by atoms with van der Waals surface area (Å²) in [5, 5.41) is 10.8. The number of amidine groups is 1. The Kier molecular flexibility index (Phi) is 5.34. The minimum absolute atomic E-state index is 0.0683. The maximum absolute atomic E-state index is 7.47. The highest BCUT2D eigenvalue weighted by Crippen LogP contribution is 2.23. The molecule has 30 heavy (non-hydrogen) atoms. The van der Waals surface area contributed by atoms with Crippen molar-refractivity contribution in [2.24, 2.45) is 5.73 Å². The van der Waals surface area contributed by atoms with Crippen molar-refractivity contribution in [3.63, 3.8) is 0 Å². The highest BCUT2D eigenvalue weighted by atomic mass is 15.2. The number of aromatic amines is 1. The highest BCUT2D eigenvalue weighted by Gasteiger charge is 2.11. The maximum atomic E-state index is 7.47. The van der Waals surface area contributed by atoms with Crippen LogP contribution in [0.5, 0.6) is 0 Å². The van der Waals surface area contributed by atoms with Gasteiger partial charge in [-0.15, -0.1) is 0 Å². The molecule has 0 saturated heterocycles. The third kappa shape index (κ3) is 4.10. The Morgan fingerprint density at radius 2 is 1.93 bits per heavy atom. The van der Waals surface area contributed by atoms with Crippen molar-refractivity contribution < 1.29 is 0 Å². The lowest BCUT2D eigenvalue weighted by molar-refractivity contribution is 0.892. The second-order valence-corrected chi connectivity index (χ2v) is 7.32. The first-order chi connectivity index (χ1) is 14.5. The van der Waals surface area contributed by atoms with Crippen molar-refractivity contribution in [2.75, 3.05) is 17.3 Å². The van der Waals surface area contributed by atoms with Crippen LogP contribution in [0.1, 0.15) is 22.5 Å². The molecule has 0 radical (unpaired) electrons. The Labute approximate surface area is 175 Å². The van der Waals surface area contributed by atoms with E-state index in [0.717, 1.165) is 34.9 Å². The van der Waals surface area contributed by atoms with Crippen LogP contribution in [0.15, 0.2) is 60.8 Å². The Bertz CT molecular complexity index is 1160. The van der Waals surface area contributed by atoms with E-state index >= 15 is 0 Å². The number of nitrogen functional groups attached to an aromatic ring is 1. The van der Waals surface area contributed by atoms with Crippen LogP contribution in [0.4, 0.5) is 11.5 Å². The second-order valence-electron chi connectivity index (χ2n) is 7.32. The molecule has 0 aliphatic heterocycles. The second kappa shape index (κ2) is 8.24. The van der Waals surface area contributed by atoms with Gasteiger partial charge >= 0.3 is 0 Å². The van der Waals surface area contributed by atoms with Crippen molar-refractivity contribution in [2.45, 2.75) is 20.0 Å². The molecule has 152 valence electrons. The van der Waals surface area contributed by atoms with Gasteiger partial charge in [0.1, 0.15) is 17.5 Å². The van der Waals surface area contributed by atoms with Crippen LogP contribution in [0, 0.1) is 12.3 Å². The molecule has 0 aliphatic rings. The fraction of sp³-hybridized carbons (Fsp3) is 0.174. The number of nitrogens with two attached hydrogens (primary N) is 1. The third-order valence-electron chi connectivity index (χ3n) is 5.17. The molecule has 4 aromatic rings. The van der Waals surface area contributed by atoms with Gasteiger partial charge in [-0.2, -0.15) is 0 Å². The highest BCUT2D eigenvalue weighted by molar-refractivity contribution is 5.95. The fourth-order valence-electron chi connectivity index (χ4n) is 3.43. The van der Waals surface area contributed by atoms with E-state index in [1.54, 1.807) is 0 Å². The van der Waals surface area contributed by atoms with Gasteiger partial charge in [0.05, 0.1) is 17.6 Å². The number of fused-ring (bicyclic) bond motifs is 1. The van der Waals surface area contributed by atoms with Crippen molar-refractivity contribution >= 4 is 28.4 Å². The van der Waals surface area contributed by atoms with E-state index in [0.29, 0.717) is 12.1 Å². The van der Waals surface area contributed by atoms with Crippen LogP contribution < -0.4 is 16.0 Å². The van der Waals surface area contributed by atoms with Gasteiger partial charge in [0.15, 0.2) is 0 Å². The van der Waals surface area contributed by atoms with Crippen molar-refractivity contribution in [1.82, 2.24) is 15.0 Å². The van der Waals surface area contributed by atoms with E-state index in [1.165, 1.54) is 11.1 Å². The summed E-state index contributed by atoms with van der Waals surface area (Å²) in [7, 11) is 2.04. The van der Waals surface area contributed by atoms with E-state index in [1.807, 2.05) is 55.7 Å². The average molecular weight is 400 g/mol. The Morgan fingerprint density at radius 1 is 1.13 bits per heavy atom. The quantitative estimate of drug-likeness (QED) is 0.279. The predicted molar refractivity (Wildman–Crippen MR) is 122 cm³/mol. The number of imidazole rings is 1. The summed E-state index contributed by atoms with van der Waals surface area (Å²) >= 11 is 0. The van der Waals surface area contributed by atoms with Gasteiger partial charge in [-0.1, -0.05) is 12.1 Å². The molecule has 0 unspecified atom stereocenters. The number of rotatable bonds is 7. The first-order valence-electron chi connectivity index (χ1n) is 9.79. The molecular formula is C23H25N7. The summed E-state index contributed by atoms with van der Waals surface area (Å²) in [6.45, 7) is 3.46. The minimum Gasteiger partial charge on any atom is -0.384 e. The zero-order chi connectivity index (χ0) is 21.1. The summed E-state index contributed by atoms with van der Waals surface area (Å²) < 4.78 is 0. The van der Waals surface area contributed by atoms with E-state index in [-0.39, 0.29) is 5.84 Å². The number of hydrogen-bond acceptors (Lipinski definition) is 5. The SMILES string of the molecule is Cc1c(CN(C)c2ccccn2)ccc2[nH]c(CNc3ccc(C(=N)N)cc3)nc12. The molecule has 0 saturated carbocycles. The molecule has 0 bridgehead atoms. The van der Waals surface area contributed by atoms with Crippen molar-refractivity contribution in [3.8, 4) is 0 Å². The number of H-pyrrole nitrogens is 1. The number of hydrogen-bond donors (Lipinski definition) is 4. The minimum atomic E-state index is 0.0683. The standard InChI is InChI=1S/C23H25N7/c1-15-17(14-30(2)21-5-3-4-12-26-21)8-11-19-22(15)29-20(28-19)13-27-18-9-6-16(7-10-18)23(24)25/h3-12,27H,13-14H2,1-2H3,(H3,24,25)(H,28,29). The fourth-order valence-corrected chi connectivity index (χ4v) is 3.43. The van der Waals surface area contributed by atoms with E-state index in [2.05, 4.69) is 39.2 Å². The normalized spacial score (nSPS) is 10.9. The lowest BCUT2D eigenvalue weighted by Gasteiger charge is -2.19. The smallest absolute Gasteiger partial charge is 0.128 e. The number of nitrogens with zero attached hydrogens (tertiary/aromatic N) is 3. The van der Waals surface area contributed by atoms with Gasteiger partial charge in [0.25, 0.3) is 0 Å². The molecule has 7 nitrogen and oxygen atoms in total. The molecule has 0 spiro atoms. The van der Waals surface area contributed by atoms with Gasteiger partial charge in [-0.25, -0.2) is 9.97 Å². The van der Waals surface area contributed by atoms with Crippen LogP contribution in [0.25, 0.3) is 11.0 Å². The average Bonchev–Trinajstić information content (AvgIpc) is 3.19. The molecule has 7 heteroatoms. The number of benzene rings is 2. The van der Waals surface area contributed by atoms with Gasteiger partial charge in [0, 0.05) is 31.0 Å². The van der Waals surface area contributed by atoms with E-state index in [4.69, 9.17) is 16.1 Å². The summed E-state index contributed by atoms with van der Waals surface area (Å²) in [4.78, 5) is 14.8. The lowest BCUT2D eigenvalue weighted by atomic mass is 10.1. The van der Waals surface area contributed by atoms with Gasteiger partial charge in [-0.05, 0) is 60.5 Å². The lowest BCUT2D eigenvalue weighted by Crippen LogP contribution is -2.18. The summed E-state index contributed by atoms with van der Waals surface area (Å²) in [6.07, 6.45) is 1.81. The molecule has 2 heterocycles. The van der Waals surface area contributed by atoms with Crippen LogP contribution in [-0.4, -0.2) is 27.8 Å². The number of aromatic nitrogens is 3. The van der Waals surface area contributed by atoms with Crippen molar-refractivity contribution in [3.05, 3.63) is 83.3 Å². The van der Waals surface area contributed by atoms with Gasteiger partial charge < -0.3 is 20.9 Å². The first-order valence-corrected chi connectivity index (χ1v) is 9.79. The van der Waals surface area contributed by atoms with Gasteiger partial charge in [0.2, 0.25) is 0 Å². The number of aryl methyl sites for hydroxylation is 1. The zero-order valence-electron chi connectivity index (χ0n) is 17.1. The zero-order valence-corrected chi connectivity index (χ0v) is 17.1. The topological polar surface area (TPSA) is 107 Å². The van der Waals surface area contributed by atoms with Crippen LogP contribution in [0.2, 0.25) is 0 Å². The van der Waals surface area contributed by atoms with Gasteiger partial charge in [-0.3, -0.25) is 5.41 Å².